The molecular weight excluding hydrogens is 339 g/mol. The van der Waals surface area contributed by atoms with Crippen molar-refractivity contribution in [1.82, 2.24) is 4.98 Å². The lowest BCUT2D eigenvalue weighted by Gasteiger charge is -2.33. The van der Waals surface area contributed by atoms with Crippen LogP contribution in [-0.4, -0.2) is 18.2 Å². The van der Waals surface area contributed by atoms with Crippen LogP contribution in [0.2, 0.25) is 18.1 Å². The van der Waals surface area contributed by atoms with E-state index in [0.717, 1.165) is 28.9 Å². The van der Waals surface area contributed by atoms with E-state index in [1.165, 1.54) is 0 Å². The second-order valence-electron chi connectivity index (χ2n) is 5.02. The lowest BCUT2D eigenvalue weighted by molar-refractivity contribution is 0.273. The van der Waals surface area contributed by atoms with Gasteiger partial charge in [-0.25, -0.2) is 9.37 Å². The number of aliphatic hydroxyl groups excluding tert-OH is 1. The van der Waals surface area contributed by atoms with Crippen LogP contribution in [0, 0.1) is 0 Å². The number of hydrogen-bond acceptors (Lipinski definition) is 3. The molecule has 0 aromatic carbocycles. The van der Waals surface area contributed by atoms with E-state index < -0.39 is 14.7 Å². The Morgan fingerprint density at radius 3 is 2.10 bits per heavy atom. The summed E-state index contributed by atoms with van der Waals surface area (Å²) in [5.74, 6) is 0. The molecule has 1 aromatic rings. The molecule has 3 N–H and O–H groups in total. The van der Waals surface area contributed by atoms with Crippen molar-refractivity contribution >= 4 is 29.2 Å². The van der Waals surface area contributed by atoms with E-state index in [9.17, 15) is 9.50 Å². The molecule has 1 aromatic heterocycles. The summed E-state index contributed by atoms with van der Waals surface area (Å²) in [4.78, 5) is 4.28. The normalized spacial score (nSPS) is 11.9. The number of hydrogen-bond donors (Lipinski definition) is 2. The molecule has 0 unspecified atom stereocenters. The molecule has 0 spiro atoms. The molecule has 0 radical (unpaired) electrons. The van der Waals surface area contributed by atoms with E-state index in [4.69, 9.17) is 5.73 Å². The molecule has 1 heterocycles. The van der Waals surface area contributed by atoms with Crippen LogP contribution in [0.4, 0.5) is 4.39 Å². The summed E-state index contributed by atoms with van der Waals surface area (Å²) in [7, 11) is -1.80. The van der Waals surface area contributed by atoms with Crippen molar-refractivity contribution in [1.29, 1.82) is 0 Å². The third kappa shape index (κ3) is 2.98. The topological polar surface area (TPSA) is 59.1 Å². The Balaban J connectivity index is 3.75. The smallest absolute Gasteiger partial charge is 0.116 e. The largest absolute Gasteiger partial charge is 0.390 e. The van der Waals surface area contributed by atoms with Crippen molar-refractivity contribution < 1.29 is 9.50 Å². The molecule has 0 fully saturated rings. The fourth-order valence-corrected chi connectivity index (χ4v) is 8.09. The molecule has 20 heavy (non-hydrogen) atoms. The highest BCUT2D eigenvalue weighted by Crippen LogP contribution is 2.28. The monoisotopic (exact) mass is 362 g/mol. The van der Waals surface area contributed by atoms with Crippen LogP contribution in [0.5, 0.6) is 0 Å². The van der Waals surface area contributed by atoms with Crippen molar-refractivity contribution in [3.05, 3.63) is 21.4 Å². The van der Waals surface area contributed by atoms with Gasteiger partial charge >= 0.3 is 0 Å². The third-order valence-corrected chi connectivity index (χ3v) is 10.9. The summed E-state index contributed by atoms with van der Waals surface area (Å²) in [5, 5.41) is 10.6. The summed E-state index contributed by atoms with van der Waals surface area (Å²) in [6.07, 6.45) is 0. The van der Waals surface area contributed by atoms with Gasteiger partial charge < -0.3 is 10.8 Å². The van der Waals surface area contributed by atoms with Crippen LogP contribution < -0.4 is 10.9 Å². The van der Waals surface area contributed by atoms with Gasteiger partial charge in [-0.1, -0.05) is 38.9 Å². The molecule has 114 valence electrons. The Bertz CT molecular complexity index is 459. The summed E-state index contributed by atoms with van der Waals surface area (Å²) in [5.41, 5.74) is 7.84. The van der Waals surface area contributed by atoms with E-state index in [0.29, 0.717) is 22.4 Å². The van der Waals surface area contributed by atoms with Crippen molar-refractivity contribution in [2.45, 2.75) is 58.7 Å². The molecule has 0 aliphatic rings. The first-order valence-corrected chi connectivity index (χ1v) is 10.5. The zero-order valence-corrected chi connectivity index (χ0v) is 15.1. The van der Waals surface area contributed by atoms with Crippen LogP contribution in [0.3, 0.4) is 0 Å². The van der Waals surface area contributed by atoms with Gasteiger partial charge in [0.15, 0.2) is 0 Å². The number of aromatic nitrogens is 1. The Morgan fingerprint density at radius 1 is 1.20 bits per heavy atom. The summed E-state index contributed by atoms with van der Waals surface area (Å²) >= 11 is 3.44. The van der Waals surface area contributed by atoms with E-state index in [1.807, 2.05) is 0 Å². The molecule has 0 amide bonds. The maximum Gasteiger partial charge on any atom is 0.116 e. The van der Waals surface area contributed by atoms with Crippen LogP contribution in [0.25, 0.3) is 0 Å². The van der Waals surface area contributed by atoms with Gasteiger partial charge in [-0.05, 0) is 26.7 Å². The quantitative estimate of drug-likeness (QED) is 0.578. The first-order chi connectivity index (χ1) is 9.54. The lowest BCUT2D eigenvalue weighted by atomic mass is 10.1. The predicted octanol–water partition coefficient (Wildman–Crippen LogP) is 2.98. The SMILES string of the molecule is CC[Si](CC)(CC)c1c(CN)c(Br)nc(CO)c1CF. The number of nitrogens with two attached hydrogens (primary N) is 1. The van der Waals surface area contributed by atoms with E-state index in [2.05, 4.69) is 41.7 Å². The zero-order chi connectivity index (χ0) is 15.3. The summed E-state index contributed by atoms with van der Waals surface area (Å²) < 4.78 is 14.3. The molecule has 0 aliphatic carbocycles. The molecule has 6 heteroatoms. The molecular formula is C14H24BrFN2OSi. The Morgan fingerprint density at radius 2 is 1.75 bits per heavy atom. The maximum absolute atomic E-state index is 13.6. The van der Waals surface area contributed by atoms with Gasteiger partial charge in [0.25, 0.3) is 0 Å². The van der Waals surface area contributed by atoms with E-state index in [-0.39, 0.29) is 6.61 Å². The van der Waals surface area contributed by atoms with Crippen molar-refractivity contribution in [2.75, 3.05) is 0 Å². The fourth-order valence-electron chi connectivity index (χ4n) is 3.06. The molecule has 1 rings (SSSR count). The van der Waals surface area contributed by atoms with Gasteiger partial charge in [-0.15, -0.1) is 0 Å². The zero-order valence-electron chi connectivity index (χ0n) is 12.5. The minimum atomic E-state index is -1.80. The van der Waals surface area contributed by atoms with Gasteiger partial charge in [0.2, 0.25) is 0 Å². The van der Waals surface area contributed by atoms with Crippen LogP contribution in [0.1, 0.15) is 37.6 Å². The molecule has 0 aliphatic heterocycles. The third-order valence-electron chi connectivity index (χ3n) is 4.48. The first-order valence-electron chi connectivity index (χ1n) is 7.12. The van der Waals surface area contributed by atoms with Crippen LogP contribution in [-0.2, 0) is 19.8 Å². The second kappa shape index (κ2) is 7.63. The van der Waals surface area contributed by atoms with Crippen molar-refractivity contribution in [3.63, 3.8) is 0 Å². The van der Waals surface area contributed by atoms with Crippen molar-refractivity contribution in [3.8, 4) is 0 Å². The summed E-state index contributed by atoms with van der Waals surface area (Å²) in [6.45, 7) is 6.04. The number of pyridine rings is 1. The predicted molar refractivity (Wildman–Crippen MR) is 87.4 cm³/mol. The molecule has 3 nitrogen and oxygen atoms in total. The summed E-state index contributed by atoms with van der Waals surface area (Å²) in [6, 6.07) is 3.13. The Labute approximate surface area is 129 Å². The molecule has 0 saturated heterocycles. The lowest BCUT2D eigenvalue weighted by Crippen LogP contribution is -2.50. The average molecular weight is 363 g/mol. The number of nitrogens with zero attached hydrogens (tertiary/aromatic N) is 1. The van der Waals surface area contributed by atoms with Crippen LogP contribution >= 0.6 is 15.9 Å². The molecule has 0 saturated carbocycles. The van der Waals surface area contributed by atoms with Gasteiger partial charge in [0, 0.05) is 12.1 Å². The van der Waals surface area contributed by atoms with Crippen molar-refractivity contribution in [2.24, 2.45) is 5.73 Å². The first kappa shape index (κ1) is 17.7. The number of rotatable bonds is 7. The Kier molecular flexibility index (Phi) is 6.77. The van der Waals surface area contributed by atoms with Crippen LogP contribution in [0.15, 0.2) is 4.60 Å². The second-order valence-corrected chi connectivity index (χ2v) is 11.0. The van der Waals surface area contributed by atoms with Gasteiger partial charge in [0.1, 0.15) is 11.3 Å². The number of aliphatic hydroxyl groups is 1. The minimum absolute atomic E-state index is 0.239. The van der Waals surface area contributed by atoms with Gasteiger partial charge in [-0.2, -0.15) is 0 Å². The average Bonchev–Trinajstić information content (AvgIpc) is 2.49. The fraction of sp³-hybridized carbons (Fsp3) is 0.643. The van der Waals surface area contributed by atoms with E-state index in [1.54, 1.807) is 0 Å². The highest BCUT2D eigenvalue weighted by molar-refractivity contribution is 9.10. The standard InChI is InChI=1S/C14H24BrFN2OSi/c1-4-20(5-2,6-3)13-10(7-16)12(9-19)18-14(15)11(13)8-17/h19H,4-9,17H2,1-3H3. The highest BCUT2D eigenvalue weighted by atomic mass is 79.9. The number of alkyl halides is 1. The maximum atomic E-state index is 13.6. The molecule has 0 bridgehead atoms. The molecule has 0 atom stereocenters. The van der Waals surface area contributed by atoms with E-state index >= 15 is 0 Å². The highest BCUT2D eigenvalue weighted by Gasteiger charge is 2.35. The minimum Gasteiger partial charge on any atom is -0.390 e. The number of halogens is 2. The Hall–Kier alpha value is -0.303. The van der Waals surface area contributed by atoms with Gasteiger partial charge in [0.05, 0.1) is 20.4 Å². The van der Waals surface area contributed by atoms with Gasteiger partial charge in [-0.3, -0.25) is 0 Å².